The summed E-state index contributed by atoms with van der Waals surface area (Å²) < 4.78 is 27.3. The summed E-state index contributed by atoms with van der Waals surface area (Å²) >= 11 is 0. The van der Waals surface area contributed by atoms with Crippen LogP contribution in [0.2, 0.25) is 0 Å². The SMILES string of the molecule is N#C[C@H](CCc1ccc(-c2cccc(S(=O)(=O)N3CCCC3)c2)cc1)NC(=O)[C@@H]1CCCCN1. The standard InChI is InChI=1S/C26H32N4O3S/c27-19-23(29-26(31)25-8-1-2-15-28-25)14-11-20-9-12-21(13-10-20)22-6-5-7-24(18-22)34(32,33)30-16-3-4-17-30/h5-7,9-10,12-13,18,23,25,28H,1-4,8,11,14-17H2,(H,29,31)/t23-,25-/m0/s1. The number of hydrogen-bond donors (Lipinski definition) is 2. The second-order valence-corrected chi connectivity index (χ2v) is 11.0. The first-order valence-corrected chi connectivity index (χ1v) is 13.5. The van der Waals surface area contributed by atoms with E-state index >= 15 is 0 Å². The van der Waals surface area contributed by atoms with Gasteiger partial charge in [-0.05, 0) is 73.9 Å². The fourth-order valence-corrected chi connectivity index (χ4v) is 6.17. The average molecular weight is 481 g/mol. The van der Waals surface area contributed by atoms with E-state index < -0.39 is 16.1 Å². The van der Waals surface area contributed by atoms with Crippen LogP contribution in [0.15, 0.2) is 53.4 Å². The van der Waals surface area contributed by atoms with E-state index in [0.717, 1.165) is 55.3 Å². The number of benzene rings is 2. The number of aryl methyl sites for hydroxylation is 1. The zero-order valence-electron chi connectivity index (χ0n) is 19.4. The molecule has 2 fully saturated rings. The quantitative estimate of drug-likeness (QED) is 0.604. The zero-order chi connectivity index (χ0) is 24.0. The Bertz CT molecular complexity index is 1130. The maximum atomic E-state index is 12.9. The van der Waals surface area contributed by atoms with Crippen LogP contribution in [0.4, 0.5) is 0 Å². The van der Waals surface area contributed by atoms with Crippen LogP contribution < -0.4 is 10.6 Å². The van der Waals surface area contributed by atoms with Crippen LogP contribution >= 0.6 is 0 Å². The summed E-state index contributed by atoms with van der Waals surface area (Å²) in [7, 11) is -3.45. The second-order valence-electron chi connectivity index (χ2n) is 9.07. The number of nitrogens with zero attached hydrogens (tertiary/aromatic N) is 2. The molecule has 34 heavy (non-hydrogen) atoms. The average Bonchev–Trinajstić information content (AvgIpc) is 3.43. The first-order valence-electron chi connectivity index (χ1n) is 12.1. The van der Waals surface area contributed by atoms with Crippen molar-refractivity contribution in [2.75, 3.05) is 19.6 Å². The Kier molecular flexibility index (Phi) is 7.99. The van der Waals surface area contributed by atoms with Crippen LogP contribution in [0.5, 0.6) is 0 Å². The maximum absolute atomic E-state index is 12.9. The van der Waals surface area contributed by atoms with Crippen LogP contribution in [-0.4, -0.2) is 50.3 Å². The van der Waals surface area contributed by atoms with E-state index in [4.69, 9.17) is 0 Å². The van der Waals surface area contributed by atoms with E-state index in [2.05, 4.69) is 16.7 Å². The van der Waals surface area contributed by atoms with Crippen molar-refractivity contribution in [1.29, 1.82) is 5.26 Å². The fourth-order valence-electron chi connectivity index (χ4n) is 4.61. The lowest BCUT2D eigenvalue weighted by molar-refractivity contribution is -0.124. The fraction of sp³-hybridized carbons (Fsp3) is 0.462. The molecule has 0 saturated carbocycles. The largest absolute Gasteiger partial charge is 0.339 e. The lowest BCUT2D eigenvalue weighted by Gasteiger charge is -2.23. The summed E-state index contributed by atoms with van der Waals surface area (Å²) in [5.41, 5.74) is 2.86. The number of nitriles is 1. The molecule has 0 bridgehead atoms. The molecular formula is C26H32N4O3S. The number of carbonyl (C=O) groups is 1. The Morgan fingerprint density at radius 3 is 2.53 bits per heavy atom. The molecule has 180 valence electrons. The Morgan fingerprint density at radius 1 is 1.09 bits per heavy atom. The Morgan fingerprint density at radius 2 is 1.85 bits per heavy atom. The number of nitrogens with one attached hydrogen (secondary N) is 2. The minimum absolute atomic E-state index is 0.0923. The minimum atomic E-state index is -3.45. The first-order chi connectivity index (χ1) is 16.5. The summed E-state index contributed by atoms with van der Waals surface area (Å²) in [5.74, 6) is -0.0923. The van der Waals surface area contributed by atoms with E-state index in [1.165, 1.54) is 0 Å². The van der Waals surface area contributed by atoms with Gasteiger partial charge in [0.1, 0.15) is 6.04 Å². The van der Waals surface area contributed by atoms with E-state index in [0.29, 0.717) is 30.8 Å². The smallest absolute Gasteiger partial charge is 0.243 e. The molecule has 2 aliphatic heterocycles. The lowest BCUT2D eigenvalue weighted by Crippen LogP contribution is -2.49. The minimum Gasteiger partial charge on any atom is -0.339 e. The normalized spacial score (nSPS) is 19.9. The van der Waals surface area contributed by atoms with Gasteiger partial charge in [-0.2, -0.15) is 9.57 Å². The molecule has 2 aliphatic rings. The lowest BCUT2D eigenvalue weighted by atomic mass is 10.00. The van der Waals surface area contributed by atoms with Crippen molar-refractivity contribution >= 4 is 15.9 Å². The molecule has 2 N–H and O–H groups in total. The number of piperidine rings is 1. The molecule has 0 spiro atoms. The third-order valence-electron chi connectivity index (χ3n) is 6.64. The van der Waals surface area contributed by atoms with Crippen molar-refractivity contribution in [3.63, 3.8) is 0 Å². The highest BCUT2D eigenvalue weighted by atomic mass is 32.2. The van der Waals surface area contributed by atoms with E-state index in [9.17, 15) is 18.5 Å². The first kappa shape index (κ1) is 24.4. The molecule has 0 aliphatic carbocycles. The van der Waals surface area contributed by atoms with E-state index in [1.807, 2.05) is 30.3 Å². The molecule has 2 atom stereocenters. The van der Waals surface area contributed by atoms with Gasteiger partial charge in [-0.15, -0.1) is 0 Å². The number of amides is 1. The van der Waals surface area contributed by atoms with E-state index in [-0.39, 0.29) is 11.9 Å². The molecule has 1 amide bonds. The van der Waals surface area contributed by atoms with Gasteiger partial charge < -0.3 is 10.6 Å². The summed E-state index contributed by atoms with van der Waals surface area (Å²) in [6.45, 7) is 2.01. The monoisotopic (exact) mass is 480 g/mol. The van der Waals surface area contributed by atoms with Crippen LogP contribution in [0.1, 0.15) is 44.1 Å². The van der Waals surface area contributed by atoms with Gasteiger partial charge in [0.15, 0.2) is 0 Å². The molecule has 2 aromatic rings. The molecule has 4 rings (SSSR count). The van der Waals surface area contributed by atoms with Gasteiger partial charge in [-0.1, -0.05) is 42.8 Å². The van der Waals surface area contributed by atoms with Crippen molar-refractivity contribution in [1.82, 2.24) is 14.9 Å². The van der Waals surface area contributed by atoms with Crippen LogP contribution in [0.25, 0.3) is 11.1 Å². The van der Waals surface area contributed by atoms with Crippen molar-refractivity contribution < 1.29 is 13.2 Å². The molecule has 7 nitrogen and oxygen atoms in total. The van der Waals surface area contributed by atoms with Crippen LogP contribution in [0, 0.1) is 11.3 Å². The van der Waals surface area contributed by atoms with Crippen molar-refractivity contribution in [2.24, 2.45) is 0 Å². The van der Waals surface area contributed by atoms with Gasteiger partial charge in [0.2, 0.25) is 15.9 Å². The zero-order valence-corrected chi connectivity index (χ0v) is 20.2. The van der Waals surface area contributed by atoms with Crippen LogP contribution in [0.3, 0.4) is 0 Å². The molecule has 2 saturated heterocycles. The van der Waals surface area contributed by atoms with Crippen molar-refractivity contribution in [3.05, 3.63) is 54.1 Å². The Balaban J connectivity index is 1.36. The molecule has 0 radical (unpaired) electrons. The van der Waals surface area contributed by atoms with Crippen molar-refractivity contribution in [3.8, 4) is 17.2 Å². The predicted molar refractivity (Wildman–Crippen MR) is 131 cm³/mol. The summed E-state index contributed by atoms with van der Waals surface area (Å²) in [6.07, 6.45) is 5.95. The van der Waals surface area contributed by atoms with Gasteiger partial charge in [0.25, 0.3) is 0 Å². The summed E-state index contributed by atoms with van der Waals surface area (Å²) in [6, 6.07) is 16.5. The molecule has 0 unspecified atom stereocenters. The third-order valence-corrected chi connectivity index (χ3v) is 8.54. The summed E-state index contributed by atoms with van der Waals surface area (Å²) in [5, 5.41) is 15.6. The molecule has 8 heteroatoms. The highest BCUT2D eigenvalue weighted by Crippen LogP contribution is 2.26. The van der Waals surface area contributed by atoms with E-state index in [1.54, 1.807) is 22.5 Å². The molecule has 2 heterocycles. The maximum Gasteiger partial charge on any atom is 0.243 e. The Labute approximate surface area is 202 Å². The molecule has 2 aromatic carbocycles. The van der Waals surface area contributed by atoms with Gasteiger partial charge in [-0.25, -0.2) is 8.42 Å². The number of carbonyl (C=O) groups excluding carboxylic acids is 1. The summed E-state index contributed by atoms with van der Waals surface area (Å²) in [4.78, 5) is 12.7. The van der Waals surface area contributed by atoms with Gasteiger partial charge in [0.05, 0.1) is 17.0 Å². The number of sulfonamides is 1. The number of rotatable bonds is 8. The highest BCUT2D eigenvalue weighted by molar-refractivity contribution is 7.89. The molecular weight excluding hydrogens is 448 g/mol. The highest BCUT2D eigenvalue weighted by Gasteiger charge is 2.27. The predicted octanol–water partition coefficient (Wildman–Crippen LogP) is 3.22. The van der Waals surface area contributed by atoms with Gasteiger partial charge >= 0.3 is 0 Å². The van der Waals surface area contributed by atoms with Gasteiger partial charge in [0, 0.05) is 13.1 Å². The topological polar surface area (TPSA) is 102 Å². The third kappa shape index (κ3) is 5.84. The number of hydrogen-bond acceptors (Lipinski definition) is 5. The Hall–Kier alpha value is -2.73. The second kappa shape index (κ2) is 11.1. The van der Waals surface area contributed by atoms with Crippen LogP contribution in [-0.2, 0) is 21.2 Å². The molecule has 0 aromatic heterocycles. The van der Waals surface area contributed by atoms with Gasteiger partial charge in [-0.3, -0.25) is 4.79 Å². The van der Waals surface area contributed by atoms with Crippen molar-refractivity contribution in [2.45, 2.75) is 61.9 Å².